The summed E-state index contributed by atoms with van der Waals surface area (Å²) in [5, 5.41) is 18.7. The predicted octanol–water partition coefficient (Wildman–Crippen LogP) is 2.99. The van der Waals surface area contributed by atoms with Crippen LogP contribution >= 0.6 is 0 Å². The Balaban J connectivity index is 0.000000531. The molecule has 3 N–H and O–H groups in total. The molecule has 0 aliphatic carbocycles. The molecule has 0 atom stereocenters. The molecule has 0 aliphatic rings. The summed E-state index contributed by atoms with van der Waals surface area (Å²) in [7, 11) is 12.7. The van der Waals surface area contributed by atoms with Gasteiger partial charge >= 0.3 is 69.3 Å². The van der Waals surface area contributed by atoms with E-state index in [1.807, 2.05) is 0 Å². The average molecular weight is 793 g/mol. The summed E-state index contributed by atoms with van der Waals surface area (Å²) in [6.45, 7) is 1.45. The van der Waals surface area contributed by atoms with Gasteiger partial charge in [-0.05, 0) is 55.5 Å². The number of hydrogen-bond acceptors (Lipinski definition) is 14. The maximum Gasteiger partial charge on any atom is 1.00 e. The molecule has 0 aromatic heterocycles. The van der Waals surface area contributed by atoms with Crippen molar-refractivity contribution in [2.24, 2.45) is 0 Å². The fourth-order valence-corrected chi connectivity index (χ4v) is 5.34. The molecule has 0 unspecified atom stereocenters. The van der Waals surface area contributed by atoms with Gasteiger partial charge in [0.25, 0.3) is 0 Å². The van der Waals surface area contributed by atoms with E-state index in [9.17, 15) is 29.4 Å². The number of hydrogen-bond donors (Lipinski definition) is 2. The third-order valence-electron chi connectivity index (χ3n) is 7.82. The number of ketones is 1. The molecule has 0 amide bonds. The normalized spacial score (nSPS) is 9.78. The zero-order valence-electron chi connectivity index (χ0n) is 32.3. The Morgan fingerprint density at radius 2 is 0.673 bits per heavy atom. The quantitative estimate of drug-likeness (QED) is 0.106. The van der Waals surface area contributed by atoms with Gasteiger partial charge in [0.1, 0.15) is 0 Å². The van der Waals surface area contributed by atoms with Crippen molar-refractivity contribution in [3.05, 3.63) is 70.8 Å². The standard InChI is InChI=1S/C20H22O7.C18H18O8.K.H2O/c1-11(21)12-7-14(18(25-4)16(9-12)23-2)15-8-13(20(22)27-6)10-17(24-3)19(15)26-5;1-23-13-7-9(17(19)20)5-11(15(13)25-3)12-6-10(18(21)22)8-14(24-2)16(12)26-4;;/h7-10H,1-6H3;5-8H,1-4H3,(H,19,20)(H,21,22);;1H2/q;;+1;/p-1. The minimum Gasteiger partial charge on any atom is -0.870 e. The SMILES string of the molecule is COC(=O)c1cc(OC)c(OC)c(-c2cc(C(C)=O)cc(OC)c2OC)c1.COc1cc(C(=O)O)cc(-c2cc(C(=O)O)cc(OC)c2OC)c1OC.[K+].[OH-]. The van der Waals surface area contributed by atoms with Crippen molar-refractivity contribution in [3.8, 4) is 68.2 Å². The number of Topliss-reactive ketones (excluding diaryl/α,β-unsaturated/α-hetero) is 1. The summed E-state index contributed by atoms with van der Waals surface area (Å²) in [5.74, 6) is -0.697. The van der Waals surface area contributed by atoms with E-state index in [0.29, 0.717) is 50.8 Å². The number of rotatable bonds is 14. The van der Waals surface area contributed by atoms with Crippen LogP contribution in [-0.2, 0) is 4.74 Å². The Morgan fingerprint density at radius 3 is 0.909 bits per heavy atom. The summed E-state index contributed by atoms with van der Waals surface area (Å²) in [6.07, 6.45) is 0. The first-order valence-electron chi connectivity index (χ1n) is 15.4. The van der Waals surface area contributed by atoms with Crippen molar-refractivity contribution in [1.82, 2.24) is 0 Å². The van der Waals surface area contributed by atoms with Gasteiger partial charge in [0.05, 0.1) is 80.7 Å². The van der Waals surface area contributed by atoms with E-state index in [1.54, 1.807) is 18.2 Å². The van der Waals surface area contributed by atoms with Gasteiger partial charge in [-0.15, -0.1) is 0 Å². The Labute approximate surface area is 359 Å². The van der Waals surface area contributed by atoms with Crippen LogP contribution in [0.5, 0.6) is 46.0 Å². The molecule has 0 fully saturated rings. The molecule has 4 aromatic rings. The van der Waals surface area contributed by atoms with Crippen molar-refractivity contribution >= 4 is 23.7 Å². The van der Waals surface area contributed by atoms with Crippen LogP contribution < -0.4 is 89.3 Å². The molecule has 0 heterocycles. The van der Waals surface area contributed by atoms with E-state index in [0.717, 1.165) is 0 Å². The maximum absolute atomic E-state index is 12.1. The molecule has 0 spiro atoms. The van der Waals surface area contributed by atoms with Crippen LogP contribution in [0.15, 0.2) is 48.5 Å². The number of aromatic carboxylic acids is 2. The van der Waals surface area contributed by atoms with Gasteiger partial charge in [0, 0.05) is 27.8 Å². The molecule has 4 aromatic carbocycles. The van der Waals surface area contributed by atoms with Crippen molar-refractivity contribution in [1.29, 1.82) is 0 Å². The molecule has 0 aliphatic heterocycles. The first kappa shape index (κ1) is 48.0. The second kappa shape index (κ2) is 21.7. The van der Waals surface area contributed by atoms with Crippen LogP contribution in [-0.4, -0.2) is 103 Å². The van der Waals surface area contributed by atoms with Crippen LogP contribution in [0.3, 0.4) is 0 Å². The smallest absolute Gasteiger partial charge is 0.870 e. The first-order valence-corrected chi connectivity index (χ1v) is 15.4. The largest absolute Gasteiger partial charge is 1.00 e. The predicted molar refractivity (Wildman–Crippen MR) is 193 cm³/mol. The fourth-order valence-electron chi connectivity index (χ4n) is 5.34. The van der Waals surface area contributed by atoms with E-state index < -0.39 is 17.9 Å². The molecule has 0 radical (unpaired) electrons. The van der Waals surface area contributed by atoms with Gasteiger partial charge in [-0.1, -0.05) is 0 Å². The summed E-state index contributed by atoms with van der Waals surface area (Å²) >= 11 is 0. The molecular formula is C38H41KO16. The first-order chi connectivity index (χ1) is 25.3. The number of esters is 1. The van der Waals surface area contributed by atoms with Crippen LogP contribution in [0.1, 0.15) is 48.4 Å². The average Bonchev–Trinajstić information content (AvgIpc) is 3.17. The van der Waals surface area contributed by atoms with Crippen molar-refractivity contribution in [3.63, 3.8) is 0 Å². The van der Waals surface area contributed by atoms with E-state index in [1.165, 1.54) is 101 Å². The fraction of sp³-hybridized carbons (Fsp3) is 0.263. The number of benzene rings is 4. The topological polar surface area (TPSA) is 222 Å². The molecule has 17 heteroatoms. The molecule has 0 saturated heterocycles. The third-order valence-corrected chi connectivity index (χ3v) is 7.82. The van der Waals surface area contributed by atoms with Crippen LogP contribution in [0, 0.1) is 0 Å². The summed E-state index contributed by atoms with van der Waals surface area (Å²) in [5.41, 5.74) is 2.17. The van der Waals surface area contributed by atoms with Gasteiger partial charge in [0.2, 0.25) is 0 Å². The Hall–Kier alpha value is -5.04. The molecule has 16 nitrogen and oxygen atoms in total. The summed E-state index contributed by atoms with van der Waals surface area (Å²) < 4.78 is 47.8. The number of carboxylic acid groups (broad SMARTS) is 2. The van der Waals surface area contributed by atoms with Gasteiger partial charge in [-0.3, -0.25) is 4.79 Å². The monoisotopic (exact) mass is 792 g/mol. The van der Waals surface area contributed by atoms with Crippen LogP contribution in [0.4, 0.5) is 0 Å². The van der Waals surface area contributed by atoms with Gasteiger partial charge < -0.3 is 58.3 Å². The van der Waals surface area contributed by atoms with Gasteiger partial charge in [-0.2, -0.15) is 0 Å². The van der Waals surface area contributed by atoms with E-state index >= 15 is 0 Å². The Bertz CT molecular complexity index is 1950. The van der Waals surface area contributed by atoms with Crippen LogP contribution in [0.2, 0.25) is 0 Å². The molecule has 4 rings (SSSR count). The Morgan fingerprint density at radius 1 is 0.418 bits per heavy atom. The van der Waals surface area contributed by atoms with E-state index in [-0.39, 0.29) is 102 Å². The van der Waals surface area contributed by atoms with Crippen LogP contribution in [0.25, 0.3) is 22.3 Å². The van der Waals surface area contributed by atoms with Gasteiger partial charge in [0.15, 0.2) is 51.8 Å². The third kappa shape index (κ3) is 10.6. The maximum atomic E-state index is 12.1. The van der Waals surface area contributed by atoms with Gasteiger partial charge in [-0.25, -0.2) is 14.4 Å². The minimum absolute atomic E-state index is 0. The zero-order chi connectivity index (χ0) is 39.6. The minimum atomic E-state index is -1.17. The second-order valence-corrected chi connectivity index (χ2v) is 10.7. The van der Waals surface area contributed by atoms with E-state index in [4.69, 9.17) is 42.6 Å². The number of carbonyl (C=O) groups is 4. The number of carboxylic acids is 2. The molecular weight excluding hydrogens is 752 g/mol. The molecule has 290 valence electrons. The van der Waals surface area contributed by atoms with Crippen molar-refractivity contribution < 1.29 is 129 Å². The number of ether oxygens (including phenoxy) is 9. The molecule has 55 heavy (non-hydrogen) atoms. The van der Waals surface area contributed by atoms with E-state index in [2.05, 4.69) is 0 Å². The zero-order valence-corrected chi connectivity index (χ0v) is 35.4. The van der Waals surface area contributed by atoms with Crippen molar-refractivity contribution in [2.75, 3.05) is 64.0 Å². The summed E-state index contributed by atoms with van der Waals surface area (Å²) in [6, 6.07) is 11.7. The number of methoxy groups -OCH3 is 9. The number of carbonyl (C=O) groups excluding carboxylic acids is 2. The molecule has 0 saturated carbocycles. The van der Waals surface area contributed by atoms with Crippen molar-refractivity contribution in [2.45, 2.75) is 6.92 Å². The molecule has 0 bridgehead atoms. The summed E-state index contributed by atoms with van der Waals surface area (Å²) in [4.78, 5) is 47.0. The second-order valence-electron chi connectivity index (χ2n) is 10.7. The Kier molecular flexibility index (Phi) is 19.0.